The summed E-state index contributed by atoms with van der Waals surface area (Å²) in [6.07, 6.45) is 2.11. The summed E-state index contributed by atoms with van der Waals surface area (Å²) >= 11 is 3.79. The number of nitrogens with one attached hydrogen (secondary N) is 1. The number of aromatic nitrogens is 2. The molecule has 0 spiro atoms. The number of nitrogens with zero attached hydrogens (tertiary/aromatic N) is 2. The fourth-order valence-corrected chi connectivity index (χ4v) is 2.39. The molecule has 1 aliphatic heterocycles. The summed E-state index contributed by atoms with van der Waals surface area (Å²) in [4.78, 5) is 21.6. The van der Waals surface area contributed by atoms with E-state index in [0.717, 1.165) is 16.4 Å². The zero-order chi connectivity index (χ0) is 18.0. The molecule has 0 fully saturated rings. The molecule has 0 saturated carbocycles. The zero-order valence-corrected chi connectivity index (χ0v) is 13.2. The molecule has 0 unspecified atom stereocenters. The van der Waals surface area contributed by atoms with Crippen LogP contribution >= 0.6 is 12.8 Å². The molecule has 2 aromatic rings. The number of carbonyl (C=O) groups excluding carboxylic acids is 1. The van der Waals surface area contributed by atoms with E-state index in [0.29, 0.717) is 11.1 Å². The van der Waals surface area contributed by atoms with Crippen LogP contribution in [0.5, 0.6) is 0 Å². The molecule has 0 aliphatic carbocycles. The predicted molar refractivity (Wildman–Crippen MR) is 85.2 cm³/mol. The van der Waals surface area contributed by atoms with E-state index in [2.05, 4.69) is 33.0 Å². The number of benzene rings is 1. The molecule has 1 aliphatic rings. The van der Waals surface area contributed by atoms with Gasteiger partial charge in [-0.1, -0.05) is 0 Å². The summed E-state index contributed by atoms with van der Waals surface area (Å²) in [5.41, 5.74) is -0.128. The number of alkyl halides is 2. The van der Waals surface area contributed by atoms with Crippen molar-refractivity contribution in [3.05, 3.63) is 65.6 Å². The van der Waals surface area contributed by atoms with Gasteiger partial charge in [0, 0.05) is 11.1 Å². The summed E-state index contributed by atoms with van der Waals surface area (Å²) in [7, 11) is 0. The summed E-state index contributed by atoms with van der Waals surface area (Å²) in [6, 6.07) is 3.65. The topological polar surface area (TPSA) is 65.4 Å². The molecular weight excluding hydrogens is 359 g/mol. The Morgan fingerprint density at radius 1 is 1.32 bits per heavy atom. The fourth-order valence-electron chi connectivity index (χ4n) is 2.18. The molecule has 3 rings (SSSR count). The van der Waals surface area contributed by atoms with Crippen molar-refractivity contribution in [3.8, 4) is 0 Å². The van der Waals surface area contributed by atoms with E-state index >= 15 is 0 Å². The zero-order valence-electron chi connectivity index (χ0n) is 12.3. The Morgan fingerprint density at radius 2 is 2.12 bits per heavy atom. The minimum Gasteiger partial charge on any atom is -0.321 e. The number of thiol groups is 1. The SMILES string of the molecule is O=C(Nc1cc(F)ccc1C1=COOC=C1)c1cn(S)nc1C(F)F. The lowest BCUT2D eigenvalue weighted by Crippen LogP contribution is -2.15. The third-order valence-corrected chi connectivity index (χ3v) is 3.46. The third kappa shape index (κ3) is 3.63. The average Bonchev–Trinajstić information content (AvgIpc) is 2.98. The number of amides is 1. The summed E-state index contributed by atoms with van der Waals surface area (Å²) in [6.45, 7) is 0. The Hall–Kier alpha value is -2.88. The molecule has 0 bridgehead atoms. The minimum atomic E-state index is -2.96. The summed E-state index contributed by atoms with van der Waals surface area (Å²) in [5, 5.41) is 5.84. The average molecular weight is 369 g/mol. The first kappa shape index (κ1) is 17.0. The Morgan fingerprint density at radius 3 is 2.80 bits per heavy atom. The Labute approximate surface area is 145 Å². The molecular formula is C15H10F3N3O3S. The van der Waals surface area contributed by atoms with Gasteiger partial charge in [-0.3, -0.25) is 14.6 Å². The van der Waals surface area contributed by atoms with Crippen molar-refractivity contribution in [1.29, 1.82) is 0 Å². The first-order chi connectivity index (χ1) is 12.0. The van der Waals surface area contributed by atoms with Gasteiger partial charge in [0.25, 0.3) is 12.3 Å². The lowest BCUT2D eigenvalue weighted by Gasteiger charge is -2.13. The standard InChI is InChI=1S/C15H10F3N3O3S/c16-9-1-2-10(8-3-4-23-24-7-8)12(5-9)19-15(22)11-6-21(25)20-13(11)14(17)18/h1-7,14,25H,(H,19,22). The second-order valence-electron chi connectivity index (χ2n) is 4.86. The van der Waals surface area contributed by atoms with Crippen molar-refractivity contribution in [2.75, 3.05) is 5.32 Å². The number of allylic oxidation sites excluding steroid dienone is 2. The monoisotopic (exact) mass is 369 g/mol. The van der Waals surface area contributed by atoms with Crippen LogP contribution in [-0.2, 0) is 9.78 Å². The number of hydrogen-bond acceptors (Lipinski definition) is 5. The predicted octanol–water partition coefficient (Wildman–Crippen LogP) is 3.72. The second kappa shape index (κ2) is 6.93. The first-order valence-electron chi connectivity index (χ1n) is 6.83. The van der Waals surface area contributed by atoms with Crippen molar-refractivity contribution >= 4 is 30.0 Å². The van der Waals surface area contributed by atoms with Crippen LogP contribution in [0.4, 0.5) is 18.9 Å². The van der Waals surface area contributed by atoms with Gasteiger partial charge >= 0.3 is 0 Å². The molecule has 0 saturated heterocycles. The molecule has 0 atom stereocenters. The van der Waals surface area contributed by atoms with E-state index in [9.17, 15) is 18.0 Å². The fraction of sp³-hybridized carbons (Fsp3) is 0.0667. The van der Waals surface area contributed by atoms with Gasteiger partial charge in [0.1, 0.15) is 17.8 Å². The van der Waals surface area contributed by atoms with Crippen LogP contribution in [0.25, 0.3) is 5.57 Å². The first-order valence-corrected chi connectivity index (χ1v) is 7.23. The maximum absolute atomic E-state index is 13.6. The van der Waals surface area contributed by atoms with E-state index in [4.69, 9.17) is 0 Å². The van der Waals surface area contributed by atoms with Gasteiger partial charge in [0.15, 0.2) is 6.26 Å². The second-order valence-corrected chi connectivity index (χ2v) is 5.27. The van der Waals surface area contributed by atoms with Crippen LogP contribution in [0.15, 0.2) is 43.0 Å². The quantitative estimate of drug-likeness (QED) is 0.637. The van der Waals surface area contributed by atoms with Crippen LogP contribution in [0.2, 0.25) is 0 Å². The number of hydrogen-bond donors (Lipinski definition) is 2. The van der Waals surface area contributed by atoms with Gasteiger partial charge < -0.3 is 5.32 Å². The van der Waals surface area contributed by atoms with Crippen LogP contribution in [0.1, 0.15) is 28.0 Å². The van der Waals surface area contributed by atoms with E-state index in [1.807, 2.05) is 0 Å². The third-order valence-electron chi connectivity index (χ3n) is 3.26. The number of rotatable bonds is 4. The van der Waals surface area contributed by atoms with Crippen molar-refractivity contribution in [1.82, 2.24) is 9.19 Å². The van der Waals surface area contributed by atoms with Gasteiger partial charge in [0.05, 0.1) is 17.4 Å². The number of halogens is 3. The lowest BCUT2D eigenvalue weighted by atomic mass is 10.0. The maximum atomic E-state index is 13.6. The van der Waals surface area contributed by atoms with Gasteiger partial charge in [0.2, 0.25) is 0 Å². The van der Waals surface area contributed by atoms with E-state index in [1.165, 1.54) is 30.7 Å². The van der Waals surface area contributed by atoms with Crippen LogP contribution in [-0.4, -0.2) is 15.1 Å². The molecule has 0 radical (unpaired) electrons. The lowest BCUT2D eigenvalue weighted by molar-refractivity contribution is -0.197. The summed E-state index contributed by atoms with van der Waals surface area (Å²) in [5.74, 6) is -1.49. The van der Waals surface area contributed by atoms with Gasteiger partial charge in [-0.25, -0.2) is 17.3 Å². The largest absolute Gasteiger partial charge is 0.321 e. The van der Waals surface area contributed by atoms with Crippen LogP contribution < -0.4 is 5.32 Å². The van der Waals surface area contributed by atoms with Crippen molar-refractivity contribution < 1.29 is 27.7 Å². The number of anilines is 1. The van der Waals surface area contributed by atoms with Gasteiger partial charge in [-0.15, -0.1) is 0 Å². The molecule has 6 nitrogen and oxygen atoms in total. The molecule has 1 amide bonds. The number of carbonyl (C=O) groups is 1. The van der Waals surface area contributed by atoms with E-state index in [1.54, 1.807) is 0 Å². The normalized spacial score (nSPS) is 13.2. The maximum Gasteiger partial charge on any atom is 0.283 e. The molecule has 25 heavy (non-hydrogen) atoms. The molecule has 1 aromatic heterocycles. The highest BCUT2D eigenvalue weighted by atomic mass is 32.1. The van der Waals surface area contributed by atoms with Crippen molar-refractivity contribution in [2.24, 2.45) is 0 Å². The van der Waals surface area contributed by atoms with Crippen molar-refractivity contribution in [2.45, 2.75) is 6.43 Å². The highest BCUT2D eigenvalue weighted by Crippen LogP contribution is 2.29. The van der Waals surface area contributed by atoms with Crippen LogP contribution in [0.3, 0.4) is 0 Å². The Kier molecular flexibility index (Phi) is 4.70. The highest BCUT2D eigenvalue weighted by molar-refractivity contribution is 7.78. The molecule has 2 heterocycles. The van der Waals surface area contributed by atoms with Gasteiger partial charge in [-0.05, 0) is 37.1 Å². The highest BCUT2D eigenvalue weighted by Gasteiger charge is 2.24. The van der Waals surface area contributed by atoms with Crippen molar-refractivity contribution in [3.63, 3.8) is 0 Å². The van der Waals surface area contributed by atoms with E-state index in [-0.39, 0.29) is 11.3 Å². The smallest absolute Gasteiger partial charge is 0.283 e. The van der Waals surface area contributed by atoms with Gasteiger partial charge in [-0.2, -0.15) is 5.10 Å². The minimum absolute atomic E-state index is 0.0681. The Balaban J connectivity index is 1.95. The van der Waals surface area contributed by atoms with E-state index < -0.39 is 23.8 Å². The molecule has 10 heteroatoms. The molecule has 1 N–H and O–H groups in total. The molecule has 1 aromatic carbocycles. The van der Waals surface area contributed by atoms with Crippen LogP contribution in [0, 0.1) is 5.82 Å². The molecule has 130 valence electrons. The Bertz CT molecular complexity index is 880. The summed E-state index contributed by atoms with van der Waals surface area (Å²) < 4.78 is 40.3.